The Labute approximate surface area is 248 Å². The minimum atomic E-state index is -0.953. The molecule has 0 unspecified atom stereocenters. The molecule has 0 radical (unpaired) electrons. The Morgan fingerprint density at radius 3 is 1.69 bits per heavy atom. The SMILES string of the molecule is CCCCCOC(=O)OCCN[C@@H](Cc1ccc(OC(=O)OCCCCC)c(OC(=O)OCCCCC)c1)C(=O)OC. The van der Waals surface area contributed by atoms with E-state index < -0.39 is 30.5 Å². The smallest absolute Gasteiger partial charge is 0.468 e. The van der Waals surface area contributed by atoms with Crippen molar-refractivity contribution in [2.24, 2.45) is 0 Å². The molecule has 12 nitrogen and oxygen atoms in total. The lowest BCUT2D eigenvalue weighted by molar-refractivity contribution is -0.143. The largest absolute Gasteiger partial charge is 0.513 e. The Morgan fingerprint density at radius 1 is 0.667 bits per heavy atom. The monoisotopic (exact) mass is 597 g/mol. The fourth-order valence-electron chi connectivity index (χ4n) is 3.63. The first-order valence-corrected chi connectivity index (χ1v) is 14.8. The fraction of sp³-hybridized carbons (Fsp3) is 0.667. The second-order valence-electron chi connectivity index (χ2n) is 9.48. The molecule has 1 rings (SSSR count). The zero-order chi connectivity index (χ0) is 31.0. The first-order chi connectivity index (χ1) is 20.3. The number of hydrogen-bond acceptors (Lipinski definition) is 12. The summed E-state index contributed by atoms with van der Waals surface area (Å²) >= 11 is 0. The van der Waals surface area contributed by atoms with E-state index in [1.165, 1.54) is 19.2 Å². The summed E-state index contributed by atoms with van der Waals surface area (Å²) in [5, 5.41) is 2.99. The summed E-state index contributed by atoms with van der Waals surface area (Å²) in [5.74, 6) is -0.666. The van der Waals surface area contributed by atoms with E-state index in [9.17, 15) is 19.2 Å². The van der Waals surface area contributed by atoms with E-state index in [0.29, 0.717) is 18.4 Å². The molecule has 1 N–H and O–H groups in total. The number of hydrogen-bond donors (Lipinski definition) is 1. The Hall–Kier alpha value is -3.54. The summed E-state index contributed by atoms with van der Waals surface area (Å²) in [6.07, 6.45) is 5.32. The minimum absolute atomic E-state index is 0.0223. The molecule has 0 aromatic heterocycles. The highest BCUT2D eigenvalue weighted by molar-refractivity contribution is 5.76. The summed E-state index contributed by atoms with van der Waals surface area (Å²) in [7, 11) is 1.26. The van der Waals surface area contributed by atoms with Gasteiger partial charge in [-0.15, -0.1) is 0 Å². The average molecular weight is 598 g/mol. The molecule has 1 aromatic rings. The van der Waals surface area contributed by atoms with E-state index in [0.717, 1.165) is 44.9 Å². The van der Waals surface area contributed by atoms with Crippen LogP contribution in [0.15, 0.2) is 18.2 Å². The van der Waals surface area contributed by atoms with Crippen LogP contribution in [-0.4, -0.2) is 70.6 Å². The van der Waals surface area contributed by atoms with Crippen molar-refractivity contribution in [2.45, 2.75) is 91.0 Å². The van der Waals surface area contributed by atoms with Gasteiger partial charge in [-0.2, -0.15) is 0 Å². The summed E-state index contributed by atoms with van der Waals surface area (Å²) in [5.41, 5.74) is 0.562. The van der Waals surface area contributed by atoms with E-state index in [4.69, 9.17) is 33.2 Å². The summed E-state index contributed by atoms with van der Waals surface area (Å²) in [6, 6.07) is 3.70. The number of benzene rings is 1. The zero-order valence-electron chi connectivity index (χ0n) is 25.4. The molecule has 0 saturated heterocycles. The molecular formula is C30H47NO11. The van der Waals surface area contributed by atoms with Gasteiger partial charge in [-0.25, -0.2) is 14.4 Å². The number of carbonyl (C=O) groups is 4. The highest BCUT2D eigenvalue weighted by Crippen LogP contribution is 2.30. The quantitative estimate of drug-likeness (QED) is 0.0754. The van der Waals surface area contributed by atoms with Crippen molar-refractivity contribution in [3.63, 3.8) is 0 Å². The molecule has 0 saturated carbocycles. The number of ether oxygens (including phenoxy) is 7. The average Bonchev–Trinajstić information content (AvgIpc) is 2.98. The highest BCUT2D eigenvalue weighted by Gasteiger charge is 2.22. The van der Waals surface area contributed by atoms with Crippen molar-refractivity contribution in [2.75, 3.05) is 40.1 Å². The van der Waals surface area contributed by atoms with E-state index in [1.807, 2.05) is 20.8 Å². The van der Waals surface area contributed by atoms with E-state index >= 15 is 0 Å². The van der Waals surface area contributed by atoms with Gasteiger partial charge in [0.1, 0.15) is 12.6 Å². The van der Waals surface area contributed by atoms with E-state index in [1.54, 1.807) is 6.07 Å². The van der Waals surface area contributed by atoms with Crippen LogP contribution in [0.4, 0.5) is 14.4 Å². The minimum Gasteiger partial charge on any atom is -0.468 e. The molecule has 0 fully saturated rings. The predicted octanol–water partition coefficient (Wildman–Crippen LogP) is 6.11. The maximum atomic E-state index is 12.4. The van der Waals surface area contributed by atoms with Crippen molar-refractivity contribution < 1.29 is 52.3 Å². The van der Waals surface area contributed by atoms with Crippen LogP contribution in [0, 0.1) is 0 Å². The molecule has 0 bridgehead atoms. The fourth-order valence-corrected chi connectivity index (χ4v) is 3.63. The molecule has 12 heteroatoms. The number of methoxy groups -OCH3 is 1. The number of nitrogens with one attached hydrogen (secondary N) is 1. The van der Waals surface area contributed by atoms with Gasteiger partial charge in [0.15, 0.2) is 11.5 Å². The molecule has 1 aromatic carbocycles. The van der Waals surface area contributed by atoms with Gasteiger partial charge in [0.2, 0.25) is 0 Å². The lowest BCUT2D eigenvalue weighted by atomic mass is 10.1. The van der Waals surface area contributed by atoms with E-state index in [2.05, 4.69) is 5.32 Å². The molecule has 238 valence electrons. The summed E-state index contributed by atoms with van der Waals surface area (Å²) in [6.45, 7) is 6.92. The molecule has 42 heavy (non-hydrogen) atoms. The van der Waals surface area contributed by atoms with Crippen LogP contribution in [0.25, 0.3) is 0 Å². The topological polar surface area (TPSA) is 145 Å². The number of rotatable bonds is 21. The van der Waals surface area contributed by atoms with Gasteiger partial charge in [-0.05, 0) is 43.4 Å². The Bertz CT molecular complexity index is 938. The third kappa shape index (κ3) is 16.7. The van der Waals surface area contributed by atoms with Crippen LogP contribution >= 0.6 is 0 Å². The van der Waals surface area contributed by atoms with Gasteiger partial charge in [-0.3, -0.25) is 4.79 Å². The second kappa shape index (κ2) is 23.1. The maximum Gasteiger partial charge on any atom is 0.513 e. The van der Waals surface area contributed by atoms with Gasteiger partial charge in [-0.1, -0.05) is 65.4 Å². The summed E-state index contributed by atoms with van der Waals surface area (Å²) < 4.78 is 35.8. The van der Waals surface area contributed by atoms with Gasteiger partial charge < -0.3 is 38.5 Å². The first-order valence-electron chi connectivity index (χ1n) is 14.8. The van der Waals surface area contributed by atoms with Crippen molar-refractivity contribution in [3.8, 4) is 11.5 Å². The van der Waals surface area contributed by atoms with Gasteiger partial charge >= 0.3 is 24.4 Å². The number of esters is 1. The third-order valence-electron chi connectivity index (χ3n) is 5.94. The van der Waals surface area contributed by atoms with Gasteiger partial charge in [0.05, 0.1) is 26.9 Å². The maximum absolute atomic E-state index is 12.4. The lowest BCUT2D eigenvalue weighted by Crippen LogP contribution is -2.41. The molecule has 0 aliphatic rings. The molecular weight excluding hydrogens is 550 g/mol. The van der Waals surface area contributed by atoms with Crippen LogP contribution in [0.5, 0.6) is 11.5 Å². The highest BCUT2D eigenvalue weighted by atomic mass is 16.7. The number of carbonyl (C=O) groups excluding carboxylic acids is 4. The van der Waals surface area contributed by atoms with E-state index in [-0.39, 0.29) is 50.9 Å². The lowest BCUT2D eigenvalue weighted by Gasteiger charge is -2.18. The second-order valence-corrected chi connectivity index (χ2v) is 9.48. The molecule has 1 atom stereocenters. The molecule has 0 heterocycles. The van der Waals surface area contributed by atoms with Crippen LogP contribution < -0.4 is 14.8 Å². The Balaban J connectivity index is 2.87. The van der Waals surface area contributed by atoms with Crippen molar-refractivity contribution >= 4 is 24.4 Å². The van der Waals surface area contributed by atoms with Crippen molar-refractivity contribution in [3.05, 3.63) is 23.8 Å². The molecule has 0 aliphatic carbocycles. The molecule has 0 aliphatic heterocycles. The van der Waals surface area contributed by atoms with Crippen molar-refractivity contribution in [1.82, 2.24) is 5.32 Å². The Morgan fingerprint density at radius 2 is 1.17 bits per heavy atom. The zero-order valence-corrected chi connectivity index (χ0v) is 25.4. The Kier molecular flexibility index (Phi) is 20.0. The number of unbranched alkanes of at least 4 members (excludes halogenated alkanes) is 6. The van der Waals surface area contributed by atoms with Crippen LogP contribution in [0.2, 0.25) is 0 Å². The van der Waals surface area contributed by atoms with Crippen LogP contribution in [0.3, 0.4) is 0 Å². The molecule has 0 amide bonds. The first kappa shape index (κ1) is 36.5. The van der Waals surface area contributed by atoms with Crippen LogP contribution in [0.1, 0.15) is 84.1 Å². The third-order valence-corrected chi connectivity index (χ3v) is 5.94. The van der Waals surface area contributed by atoms with Crippen molar-refractivity contribution in [1.29, 1.82) is 0 Å². The predicted molar refractivity (Wildman–Crippen MR) is 154 cm³/mol. The van der Waals surface area contributed by atoms with Crippen LogP contribution in [-0.2, 0) is 34.9 Å². The normalized spacial score (nSPS) is 11.2. The summed E-state index contributed by atoms with van der Waals surface area (Å²) in [4.78, 5) is 48.6. The standard InChI is InChI=1S/C30H47NO11/c1-5-8-11-17-37-28(33)40-20-16-31-24(27(32)36-4)21-23-14-15-25(41-29(34)38-18-12-9-6-2)26(22-23)42-30(35)39-19-13-10-7-3/h14-15,22,24,31H,5-13,16-21H2,1-4H3/t24-/m0/s1. The molecule has 0 spiro atoms. The van der Waals surface area contributed by atoms with Gasteiger partial charge in [0.25, 0.3) is 0 Å². The van der Waals surface area contributed by atoms with Gasteiger partial charge in [0, 0.05) is 6.54 Å².